The van der Waals surface area contributed by atoms with E-state index in [1.807, 2.05) is 13.8 Å². The quantitative estimate of drug-likeness (QED) is 0.654. The fourth-order valence-corrected chi connectivity index (χ4v) is 2.12. The van der Waals surface area contributed by atoms with Gasteiger partial charge in [-0.2, -0.15) is 0 Å². The molecular formula is C7H15ClO3S. The van der Waals surface area contributed by atoms with Crippen LogP contribution in [0.4, 0.5) is 0 Å². The predicted molar refractivity (Wildman–Crippen MR) is 49.9 cm³/mol. The molecule has 0 aliphatic rings. The Kier molecular flexibility index (Phi) is 5.13. The van der Waals surface area contributed by atoms with Crippen molar-refractivity contribution in [1.82, 2.24) is 0 Å². The second-order valence-electron chi connectivity index (χ2n) is 3.19. The van der Waals surface area contributed by atoms with E-state index >= 15 is 0 Å². The van der Waals surface area contributed by atoms with E-state index in [0.717, 1.165) is 0 Å². The van der Waals surface area contributed by atoms with Gasteiger partial charge in [0.1, 0.15) is 0 Å². The molecule has 1 atom stereocenters. The van der Waals surface area contributed by atoms with Crippen molar-refractivity contribution in [1.29, 1.82) is 0 Å². The van der Waals surface area contributed by atoms with E-state index in [-0.39, 0.29) is 11.9 Å². The van der Waals surface area contributed by atoms with E-state index in [2.05, 4.69) is 0 Å². The molecule has 0 saturated heterocycles. The zero-order valence-corrected chi connectivity index (χ0v) is 9.15. The molecule has 0 aromatic carbocycles. The first kappa shape index (κ1) is 12.2. The SMILES string of the molecule is CO[C@@H](CC(C)C)CS(=O)(=O)Cl. The van der Waals surface area contributed by atoms with Crippen LogP contribution in [0.2, 0.25) is 0 Å². The fraction of sp³-hybridized carbons (Fsp3) is 1.00. The van der Waals surface area contributed by atoms with Gasteiger partial charge in [-0.1, -0.05) is 13.8 Å². The van der Waals surface area contributed by atoms with Gasteiger partial charge in [0.25, 0.3) is 0 Å². The highest BCUT2D eigenvalue weighted by Gasteiger charge is 2.17. The van der Waals surface area contributed by atoms with E-state index < -0.39 is 9.05 Å². The van der Waals surface area contributed by atoms with Gasteiger partial charge in [-0.25, -0.2) is 8.42 Å². The van der Waals surface area contributed by atoms with Crippen molar-refractivity contribution in [2.24, 2.45) is 5.92 Å². The maximum Gasteiger partial charge on any atom is 0.235 e. The fourth-order valence-electron chi connectivity index (χ4n) is 0.980. The summed E-state index contributed by atoms with van der Waals surface area (Å²) in [5, 5.41) is 0. The molecule has 0 fully saturated rings. The number of rotatable bonds is 5. The topological polar surface area (TPSA) is 43.4 Å². The van der Waals surface area contributed by atoms with Crippen LogP contribution in [0.1, 0.15) is 20.3 Å². The molecule has 0 aliphatic heterocycles. The molecule has 0 heterocycles. The maximum atomic E-state index is 10.7. The van der Waals surface area contributed by atoms with Gasteiger partial charge in [-0.15, -0.1) is 0 Å². The maximum absolute atomic E-state index is 10.7. The molecule has 0 radical (unpaired) electrons. The van der Waals surface area contributed by atoms with Crippen molar-refractivity contribution in [3.05, 3.63) is 0 Å². The Morgan fingerprint density at radius 2 is 1.92 bits per heavy atom. The minimum Gasteiger partial charge on any atom is -0.380 e. The van der Waals surface area contributed by atoms with Crippen LogP contribution >= 0.6 is 10.7 Å². The van der Waals surface area contributed by atoms with Gasteiger partial charge in [0.05, 0.1) is 11.9 Å². The smallest absolute Gasteiger partial charge is 0.235 e. The minimum absolute atomic E-state index is 0.108. The third-order valence-corrected chi connectivity index (χ3v) is 2.60. The lowest BCUT2D eigenvalue weighted by Gasteiger charge is -2.15. The van der Waals surface area contributed by atoms with E-state index in [9.17, 15) is 8.42 Å². The summed E-state index contributed by atoms with van der Waals surface area (Å²) in [6, 6.07) is 0. The summed E-state index contributed by atoms with van der Waals surface area (Å²) in [7, 11) is 3.14. The Balaban J connectivity index is 4.01. The Morgan fingerprint density at radius 3 is 2.17 bits per heavy atom. The van der Waals surface area contributed by atoms with Crippen molar-refractivity contribution in [2.45, 2.75) is 26.4 Å². The van der Waals surface area contributed by atoms with Crippen LogP contribution in [0.15, 0.2) is 0 Å². The summed E-state index contributed by atoms with van der Waals surface area (Å²) < 4.78 is 26.3. The lowest BCUT2D eigenvalue weighted by atomic mass is 10.1. The van der Waals surface area contributed by atoms with Crippen LogP contribution in [-0.2, 0) is 13.8 Å². The van der Waals surface area contributed by atoms with Crippen LogP contribution in [0.25, 0.3) is 0 Å². The average Bonchev–Trinajstić information content (AvgIpc) is 1.82. The van der Waals surface area contributed by atoms with Crippen molar-refractivity contribution in [2.75, 3.05) is 12.9 Å². The van der Waals surface area contributed by atoms with Gasteiger partial charge >= 0.3 is 0 Å². The van der Waals surface area contributed by atoms with E-state index in [1.54, 1.807) is 0 Å². The van der Waals surface area contributed by atoms with Crippen molar-refractivity contribution < 1.29 is 13.2 Å². The molecule has 0 aromatic rings. The minimum atomic E-state index is -3.43. The highest BCUT2D eigenvalue weighted by molar-refractivity contribution is 8.13. The second kappa shape index (κ2) is 5.04. The van der Waals surface area contributed by atoms with Crippen LogP contribution in [0.3, 0.4) is 0 Å². The Bertz CT molecular complexity index is 211. The standard InChI is InChI=1S/C7H15ClO3S/c1-6(2)4-7(11-3)5-12(8,9)10/h6-7H,4-5H2,1-3H3/t7-/m0/s1. The molecule has 0 spiro atoms. The monoisotopic (exact) mass is 214 g/mol. The number of hydrogen-bond donors (Lipinski definition) is 0. The van der Waals surface area contributed by atoms with Crippen molar-refractivity contribution >= 4 is 19.7 Å². The Morgan fingerprint density at radius 1 is 1.42 bits per heavy atom. The van der Waals surface area contributed by atoms with Gasteiger partial charge in [0, 0.05) is 17.8 Å². The van der Waals surface area contributed by atoms with Gasteiger partial charge in [-0.3, -0.25) is 0 Å². The first-order valence-corrected chi connectivity index (χ1v) is 6.28. The Hall–Kier alpha value is 0.200. The number of methoxy groups -OCH3 is 1. The molecule has 0 aromatic heterocycles. The van der Waals surface area contributed by atoms with Crippen LogP contribution in [0, 0.1) is 5.92 Å². The molecular weight excluding hydrogens is 200 g/mol. The van der Waals surface area contributed by atoms with Gasteiger partial charge in [0.15, 0.2) is 0 Å². The molecule has 0 unspecified atom stereocenters. The summed E-state index contributed by atoms with van der Waals surface area (Å²) in [4.78, 5) is 0. The molecule has 12 heavy (non-hydrogen) atoms. The summed E-state index contributed by atoms with van der Waals surface area (Å²) in [6.45, 7) is 4.01. The van der Waals surface area contributed by atoms with Gasteiger partial charge in [0.2, 0.25) is 9.05 Å². The van der Waals surface area contributed by atoms with Crippen molar-refractivity contribution in [3.8, 4) is 0 Å². The van der Waals surface area contributed by atoms with Crippen molar-refractivity contribution in [3.63, 3.8) is 0 Å². The van der Waals surface area contributed by atoms with Gasteiger partial charge in [-0.05, 0) is 12.3 Å². The van der Waals surface area contributed by atoms with Gasteiger partial charge < -0.3 is 4.74 Å². The largest absolute Gasteiger partial charge is 0.380 e. The number of ether oxygens (including phenoxy) is 1. The zero-order chi connectivity index (χ0) is 9.78. The highest BCUT2D eigenvalue weighted by atomic mass is 35.7. The first-order valence-electron chi connectivity index (χ1n) is 3.80. The molecule has 0 rings (SSSR count). The average molecular weight is 215 g/mol. The summed E-state index contributed by atoms with van der Waals surface area (Å²) in [6.07, 6.45) is 0.426. The van der Waals surface area contributed by atoms with Crippen LogP contribution in [-0.4, -0.2) is 27.4 Å². The third-order valence-electron chi connectivity index (χ3n) is 1.45. The first-order chi connectivity index (χ1) is 5.35. The number of hydrogen-bond acceptors (Lipinski definition) is 3. The normalized spacial score (nSPS) is 15.1. The highest BCUT2D eigenvalue weighted by Crippen LogP contribution is 2.11. The molecule has 0 aliphatic carbocycles. The molecule has 74 valence electrons. The lowest BCUT2D eigenvalue weighted by molar-refractivity contribution is 0.102. The van der Waals surface area contributed by atoms with E-state index in [1.165, 1.54) is 7.11 Å². The van der Waals surface area contributed by atoms with E-state index in [4.69, 9.17) is 15.4 Å². The predicted octanol–water partition coefficient (Wildman–Crippen LogP) is 1.62. The number of halogens is 1. The zero-order valence-electron chi connectivity index (χ0n) is 7.58. The lowest BCUT2D eigenvalue weighted by Crippen LogP contribution is -2.21. The van der Waals surface area contributed by atoms with Crippen LogP contribution < -0.4 is 0 Å². The van der Waals surface area contributed by atoms with E-state index in [0.29, 0.717) is 12.3 Å². The molecule has 3 nitrogen and oxygen atoms in total. The third kappa shape index (κ3) is 6.88. The molecule has 0 saturated carbocycles. The molecule has 5 heteroatoms. The molecule has 0 N–H and O–H groups in total. The summed E-state index contributed by atoms with van der Waals surface area (Å²) in [5.74, 6) is 0.303. The van der Waals surface area contributed by atoms with Crippen LogP contribution in [0.5, 0.6) is 0 Å². The Labute approximate surface area is 78.5 Å². The summed E-state index contributed by atoms with van der Waals surface area (Å²) in [5.41, 5.74) is 0. The molecule has 0 bridgehead atoms. The molecule has 0 amide bonds. The second-order valence-corrected chi connectivity index (χ2v) is 6.01. The summed E-state index contributed by atoms with van der Waals surface area (Å²) >= 11 is 0.